The maximum Gasteiger partial charge on any atom is 0.274 e. The molecule has 170 valence electrons. The van der Waals surface area contributed by atoms with Crippen molar-refractivity contribution in [3.63, 3.8) is 0 Å². The van der Waals surface area contributed by atoms with Crippen molar-refractivity contribution in [2.24, 2.45) is 0 Å². The normalized spacial score (nSPS) is 16.8. The van der Waals surface area contributed by atoms with E-state index in [1.54, 1.807) is 6.07 Å². The number of carbonyl (C=O) groups excluding carboxylic acids is 1. The van der Waals surface area contributed by atoms with Crippen molar-refractivity contribution in [2.75, 3.05) is 61.4 Å². The SMILES string of the molecule is CN1CCN(c2cc(C(=O)Nc3cccc(-c4ccc(N5CCCC5)nn4)c3)ncn2)CC1. The van der Waals surface area contributed by atoms with E-state index in [-0.39, 0.29) is 5.91 Å². The highest BCUT2D eigenvalue weighted by atomic mass is 16.1. The van der Waals surface area contributed by atoms with E-state index in [0.717, 1.165) is 62.2 Å². The lowest BCUT2D eigenvalue weighted by atomic mass is 10.1. The number of carbonyl (C=O) groups is 1. The second kappa shape index (κ2) is 9.50. The van der Waals surface area contributed by atoms with Gasteiger partial charge in [0.1, 0.15) is 17.8 Å². The monoisotopic (exact) mass is 444 g/mol. The highest BCUT2D eigenvalue weighted by Gasteiger charge is 2.18. The number of rotatable bonds is 5. The molecule has 9 heteroatoms. The highest BCUT2D eigenvalue weighted by molar-refractivity contribution is 6.03. The number of benzene rings is 1. The van der Waals surface area contributed by atoms with Gasteiger partial charge in [-0.1, -0.05) is 12.1 Å². The number of anilines is 3. The molecule has 3 aromatic rings. The zero-order valence-electron chi connectivity index (χ0n) is 18.8. The van der Waals surface area contributed by atoms with Crippen LogP contribution in [0, 0.1) is 0 Å². The molecule has 4 heterocycles. The molecule has 0 spiro atoms. The second-order valence-electron chi connectivity index (χ2n) is 8.56. The lowest BCUT2D eigenvalue weighted by molar-refractivity contribution is 0.102. The van der Waals surface area contributed by atoms with Crippen LogP contribution in [0.4, 0.5) is 17.3 Å². The maximum atomic E-state index is 12.9. The van der Waals surface area contributed by atoms with Crippen molar-refractivity contribution in [2.45, 2.75) is 12.8 Å². The summed E-state index contributed by atoms with van der Waals surface area (Å²) >= 11 is 0. The molecule has 0 aliphatic carbocycles. The van der Waals surface area contributed by atoms with E-state index < -0.39 is 0 Å². The Labute approximate surface area is 193 Å². The first-order valence-corrected chi connectivity index (χ1v) is 11.4. The van der Waals surface area contributed by atoms with Gasteiger partial charge in [-0.2, -0.15) is 0 Å². The Morgan fingerprint density at radius 2 is 1.64 bits per heavy atom. The third-order valence-electron chi connectivity index (χ3n) is 6.21. The third kappa shape index (κ3) is 4.93. The zero-order valence-corrected chi connectivity index (χ0v) is 18.8. The summed E-state index contributed by atoms with van der Waals surface area (Å²) in [4.78, 5) is 28.1. The Kier molecular flexibility index (Phi) is 6.12. The smallest absolute Gasteiger partial charge is 0.274 e. The van der Waals surface area contributed by atoms with E-state index in [9.17, 15) is 4.79 Å². The van der Waals surface area contributed by atoms with Gasteiger partial charge in [0, 0.05) is 56.6 Å². The van der Waals surface area contributed by atoms with Crippen LogP contribution >= 0.6 is 0 Å². The van der Waals surface area contributed by atoms with E-state index >= 15 is 0 Å². The molecule has 0 saturated carbocycles. The van der Waals surface area contributed by atoms with Crippen molar-refractivity contribution in [3.8, 4) is 11.3 Å². The van der Waals surface area contributed by atoms with Crippen molar-refractivity contribution >= 4 is 23.2 Å². The molecule has 2 fully saturated rings. The van der Waals surface area contributed by atoms with Gasteiger partial charge in [-0.15, -0.1) is 10.2 Å². The first-order valence-electron chi connectivity index (χ1n) is 11.4. The van der Waals surface area contributed by atoms with Gasteiger partial charge in [-0.3, -0.25) is 4.79 Å². The molecule has 5 rings (SSSR count). The minimum atomic E-state index is -0.264. The summed E-state index contributed by atoms with van der Waals surface area (Å²) in [6.45, 7) is 5.78. The molecule has 1 amide bonds. The molecule has 0 radical (unpaired) electrons. The van der Waals surface area contributed by atoms with E-state index in [0.29, 0.717) is 11.4 Å². The summed E-state index contributed by atoms with van der Waals surface area (Å²) in [7, 11) is 2.11. The average molecular weight is 445 g/mol. The molecule has 2 aliphatic rings. The van der Waals surface area contributed by atoms with Gasteiger partial charge in [0.05, 0.1) is 5.69 Å². The lowest BCUT2D eigenvalue weighted by Crippen LogP contribution is -2.44. The van der Waals surface area contributed by atoms with Crippen LogP contribution in [-0.2, 0) is 0 Å². The fraction of sp³-hybridized carbons (Fsp3) is 0.375. The molecule has 33 heavy (non-hydrogen) atoms. The number of amides is 1. The average Bonchev–Trinajstić information content (AvgIpc) is 3.40. The largest absolute Gasteiger partial charge is 0.355 e. The first-order chi connectivity index (χ1) is 16.2. The van der Waals surface area contributed by atoms with Crippen LogP contribution in [0.1, 0.15) is 23.3 Å². The quantitative estimate of drug-likeness (QED) is 0.642. The summed E-state index contributed by atoms with van der Waals surface area (Å²) in [6.07, 6.45) is 3.86. The molecule has 2 saturated heterocycles. The van der Waals surface area contributed by atoms with E-state index in [1.807, 2.05) is 36.4 Å². The van der Waals surface area contributed by atoms with Crippen LogP contribution in [0.3, 0.4) is 0 Å². The minimum Gasteiger partial charge on any atom is -0.355 e. The van der Waals surface area contributed by atoms with E-state index in [4.69, 9.17) is 0 Å². The van der Waals surface area contributed by atoms with Crippen LogP contribution in [0.5, 0.6) is 0 Å². The first kappa shape index (κ1) is 21.3. The van der Waals surface area contributed by atoms with E-state index in [1.165, 1.54) is 19.2 Å². The van der Waals surface area contributed by atoms with Crippen molar-refractivity contribution < 1.29 is 4.79 Å². The van der Waals surface area contributed by atoms with Crippen LogP contribution in [0.2, 0.25) is 0 Å². The van der Waals surface area contributed by atoms with Gasteiger partial charge in [0.2, 0.25) is 0 Å². The number of nitrogens with one attached hydrogen (secondary N) is 1. The second-order valence-corrected chi connectivity index (χ2v) is 8.56. The topological polar surface area (TPSA) is 90.4 Å². The maximum absolute atomic E-state index is 12.9. The van der Waals surface area contributed by atoms with Gasteiger partial charge >= 0.3 is 0 Å². The van der Waals surface area contributed by atoms with Crippen LogP contribution in [-0.4, -0.2) is 77.3 Å². The van der Waals surface area contributed by atoms with Crippen molar-refractivity contribution in [1.82, 2.24) is 25.1 Å². The number of hydrogen-bond acceptors (Lipinski definition) is 8. The van der Waals surface area contributed by atoms with Gasteiger partial charge in [-0.25, -0.2) is 9.97 Å². The molecule has 9 nitrogen and oxygen atoms in total. The Morgan fingerprint density at radius 1 is 0.848 bits per heavy atom. The van der Waals surface area contributed by atoms with E-state index in [2.05, 4.69) is 47.2 Å². The molecule has 0 bridgehead atoms. The zero-order chi connectivity index (χ0) is 22.6. The number of likely N-dealkylation sites (N-methyl/N-ethyl adjacent to an activating group) is 1. The fourth-order valence-corrected chi connectivity index (χ4v) is 4.23. The Hall–Kier alpha value is -3.59. The predicted molar refractivity (Wildman–Crippen MR) is 129 cm³/mol. The number of hydrogen-bond donors (Lipinski definition) is 1. The lowest BCUT2D eigenvalue weighted by Gasteiger charge is -2.33. The van der Waals surface area contributed by atoms with Crippen LogP contribution in [0.25, 0.3) is 11.3 Å². The Balaban J connectivity index is 1.28. The molecule has 0 unspecified atom stereocenters. The van der Waals surface area contributed by atoms with Gasteiger partial charge in [0.15, 0.2) is 5.82 Å². The standard InChI is InChI=1S/C24H28N8O/c1-30-11-13-32(14-12-30)23-16-21(25-17-26-23)24(33)27-19-6-4-5-18(15-19)20-7-8-22(29-28-20)31-9-2-3-10-31/h4-8,15-17H,2-3,9-14H2,1H3,(H,27,33). The van der Waals surface area contributed by atoms with Gasteiger partial charge in [-0.05, 0) is 44.2 Å². The minimum absolute atomic E-state index is 0.264. The van der Waals surface area contributed by atoms with Crippen molar-refractivity contribution in [3.05, 3.63) is 54.5 Å². The molecular formula is C24H28N8O. The summed E-state index contributed by atoms with van der Waals surface area (Å²) in [5.74, 6) is 1.44. The number of nitrogens with zero attached hydrogens (tertiary/aromatic N) is 7. The molecule has 1 N–H and O–H groups in total. The van der Waals surface area contributed by atoms with Gasteiger partial charge < -0.3 is 20.0 Å². The molecule has 1 aromatic carbocycles. The molecule has 0 atom stereocenters. The Bertz CT molecular complexity index is 1110. The number of piperazine rings is 1. The highest BCUT2D eigenvalue weighted by Crippen LogP contribution is 2.24. The van der Waals surface area contributed by atoms with Crippen LogP contribution in [0.15, 0.2) is 48.8 Å². The predicted octanol–water partition coefficient (Wildman–Crippen LogP) is 2.54. The summed E-state index contributed by atoms with van der Waals surface area (Å²) < 4.78 is 0. The fourth-order valence-electron chi connectivity index (χ4n) is 4.23. The number of aromatic nitrogens is 4. The van der Waals surface area contributed by atoms with Crippen LogP contribution < -0.4 is 15.1 Å². The molecule has 2 aliphatic heterocycles. The van der Waals surface area contributed by atoms with Crippen molar-refractivity contribution in [1.29, 1.82) is 0 Å². The summed E-state index contributed by atoms with van der Waals surface area (Å²) in [6, 6.07) is 13.4. The van der Waals surface area contributed by atoms with Gasteiger partial charge in [0.25, 0.3) is 5.91 Å². The summed E-state index contributed by atoms with van der Waals surface area (Å²) in [5.41, 5.74) is 2.70. The Morgan fingerprint density at radius 3 is 2.39 bits per heavy atom. The third-order valence-corrected chi connectivity index (χ3v) is 6.21. The molecule has 2 aromatic heterocycles. The molecular weight excluding hydrogens is 416 g/mol. The summed E-state index contributed by atoms with van der Waals surface area (Å²) in [5, 5.41) is 11.8.